The SMILES string of the molecule is CCOc1cccc(NC(=O)C2(N)CCCCC2)c1. The zero-order valence-corrected chi connectivity index (χ0v) is 11.4. The first-order valence-corrected chi connectivity index (χ1v) is 6.97. The Morgan fingerprint density at radius 1 is 1.37 bits per heavy atom. The third-order valence-electron chi connectivity index (χ3n) is 3.60. The van der Waals surface area contributed by atoms with Crippen LogP contribution in [0.2, 0.25) is 0 Å². The molecule has 0 bridgehead atoms. The van der Waals surface area contributed by atoms with Crippen LogP contribution in [0, 0.1) is 0 Å². The number of benzene rings is 1. The van der Waals surface area contributed by atoms with Gasteiger partial charge in [-0.25, -0.2) is 0 Å². The van der Waals surface area contributed by atoms with Crippen molar-refractivity contribution in [2.75, 3.05) is 11.9 Å². The van der Waals surface area contributed by atoms with Crippen molar-refractivity contribution in [1.29, 1.82) is 0 Å². The summed E-state index contributed by atoms with van der Waals surface area (Å²) in [6.45, 7) is 2.54. The molecule has 1 amide bonds. The van der Waals surface area contributed by atoms with Crippen LogP contribution in [-0.4, -0.2) is 18.1 Å². The second kappa shape index (κ2) is 6.06. The summed E-state index contributed by atoms with van der Waals surface area (Å²) >= 11 is 0. The summed E-state index contributed by atoms with van der Waals surface area (Å²) in [4.78, 5) is 12.3. The molecule has 1 saturated carbocycles. The second-order valence-corrected chi connectivity index (χ2v) is 5.13. The van der Waals surface area contributed by atoms with Crippen molar-refractivity contribution in [3.63, 3.8) is 0 Å². The van der Waals surface area contributed by atoms with Crippen molar-refractivity contribution in [1.82, 2.24) is 0 Å². The van der Waals surface area contributed by atoms with Gasteiger partial charge in [0.1, 0.15) is 5.75 Å². The zero-order chi connectivity index (χ0) is 13.7. The highest BCUT2D eigenvalue weighted by Crippen LogP contribution is 2.27. The first-order valence-electron chi connectivity index (χ1n) is 6.97. The van der Waals surface area contributed by atoms with E-state index < -0.39 is 5.54 Å². The third-order valence-corrected chi connectivity index (χ3v) is 3.60. The van der Waals surface area contributed by atoms with E-state index in [-0.39, 0.29) is 5.91 Å². The molecule has 1 fully saturated rings. The molecule has 0 unspecified atom stereocenters. The number of rotatable bonds is 4. The van der Waals surface area contributed by atoms with Gasteiger partial charge < -0.3 is 15.8 Å². The lowest BCUT2D eigenvalue weighted by atomic mass is 9.82. The Hall–Kier alpha value is -1.55. The minimum Gasteiger partial charge on any atom is -0.494 e. The molecule has 0 heterocycles. The lowest BCUT2D eigenvalue weighted by Gasteiger charge is -2.31. The largest absolute Gasteiger partial charge is 0.494 e. The number of ether oxygens (including phenoxy) is 1. The van der Waals surface area contributed by atoms with Crippen LogP contribution in [0.1, 0.15) is 39.0 Å². The van der Waals surface area contributed by atoms with Crippen LogP contribution in [0.4, 0.5) is 5.69 Å². The van der Waals surface area contributed by atoms with E-state index in [1.165, 1.54) is 6.42 Å². The number of hydrogen-bond donors (Lipinski definition) is 2. The summed E-state index contributed by atoms with van der Waals surface area (Å²) in [6.07, 6.45) is 4.77. The van der Waals surface area contributed by atoms with Crippen LogP contribution in [0.25, 0.3) is 0 Å². The molecule has 1 aromatic rings. The molecule has 0 spiro atoms. The van der Waals surface area contributed by atoms with E-state index in [1.54, 1.807) is 0 Å². The van der Waals surface area contributed by atoms with Crippen molar-refractivity contribution in [3.8, 4) is 5.75 Å². The third kappa shape index (κ3) is 3.47. The minimum absolute atomic E-state index is 0.0825. The lowest BCUT2D eigenvalue weighted by Crippen LogP contribution is -2.52. The molecule has 0 aliphatic heterocycles. The molecule has 0 saturated heterocycles. The number of carbonyl (C=O) groups excluding carboxylic acids is 1. The van der Waals surface area contributed by atoms with E-state index in [4.69, 9.17) is 10.5 Å². The Kier molecular flexibility index (Phi) is 4.43. The van der Waals surface area contributed by atoms with E-state index in [0.29, 0.717) is 6.61 Å². The Labute approximate surface area is 114 Å². The normalized spacial score (nSPS) is 17.8. The van der Waals surface area contributed by atoms with Gasteiger partial charge in [0.2, 0.25) is 5.91 Å². The van der Waals surface area contributed by atoms with Gasteiger partial charge in [0.25, 0.3) is 0 Å². The van der Waals surface area contributed by atoms with Gasteiger partial charge in [-0.2, -0.15) is 0 Å². The summed E-state index contributed by atoms with van der Waals surface area (Å²) in [7, 11) is 0. The molecule has 4 heteroatoms. The van der Waals surface area contributed by atoms with Gasteiger partial charge in [-0.05, 0) is 31.9 Å². The Morgan fingerprint density at radius 2 is 2.11 bits per heavy atom. The number of amides is 1. The Balaban J connectivity index is 2.03. The van der Waals surface area contributed by atoms with Crippen LogP contribution >= 0.6 is 0 Å². The molecule has 19 heavy (non-hydrogen) atoms. The van der Waals surface area contributed by atoms with Gasteiger partial charge in [-0.15, -0.1) is 0 Å². The smallest absolute Gasteiger partial charge is 0.244 e. The van der Waals surface area contributed by atoms with Crippen molar-refractivity contribution in [3.05, 3.63) is 24.3 Å². The van der Waals surface area contributed by atoms with E-state index in [2.05, 4.69) is 5.32 Å². The molecular formula is C15H22N2O2. The summed E-state index contributed by atoms with van der Waals surface area (Å²) in [6, 6.07) is 7.42. The molecule has 0 atom stereocenters. The molecule has 2 rings (SSSR count). The van der Waals surface area contributed by atoms with Crippen LogP contribution in [-0.2, 0) is 4.79 Å². The Bertz CT molecular complexity index is 440. The fourth-order valence-electron chi connectivity index (χ4n) is 2.50. The average molecular weight is 262 g/mol. The highest BCUT2D eigenvalue weighted by Gasteiger charge is 2.35. The van der Waals surface area contributed by atoms with E-state index in [0.717, 1.165) is 37.1 Å². The van der Waals surface area contributed by atoms with Crippen molar-refractivity contribution < 1.29 is 9.53 Å². The maximum atomic E-state index is 12.3. The number of nitrogens with two attached hydrogens (primary N) is 1. The molecule has 4 nitrogen and oxygen atoms in total. The highest BCUT2D eigenvalue weighted by molar-refractivity contribution is 5.98. The summed E-state index contributed by atoms with van der Waals surface area (Å²) in [5.74, 6) is 0.677. The molecule has 1 aliphatic rings. The predicted molar refractivity (Wildman–Crippen MR) is 76.2 cm³/mol. The van der Waals surface area contributed by atoms with Gasteiger partial charge in [0.05, 0.1) is 12.1 Å². The standard InChI is InChI=1S/C15H22N2O2/c1-2-19-13-8-6-7-12(11-13)17-14(18)15(16)9-4-3-5-10-15/h6-8,11H,2-5,9-10,16H2,1H3,(H,17,18). The highest BCUT2D eigenvalue weighted by atomic mass is 16.5. The van der Waals surface area contributed by atoms with E-state index >= 15 is 0 Å². The summed E-state index contributed by atoms with van der Waals surface area (Å²) in [5, 5.41) is 2.91. The van der Waals surface area contributed by atoms with E-state index in [9.17, 15) is 4.79 Å². The molecule has 3 N–H and O–H groups in total. The van der Waals surface area contributed by atoms with E-state index in [1.807, 2.05) is 31.2 Å². The Morgan fingerprint density at radius 3 is 2.79 bits per heavy atom. The molecule has 1 aromatic carbocycles. The summed E-state index contributed by atoms with van der Waals surface area (Å²) < 4.78 is 5.42. The van der Waals surface area contributed by atoms with Crippen molar-refractivity contribution in [2.24, 2.45) is 5.73 Å². The molecule has 1 aliphatic carbocycles. The lowest BCUT2D eigenvalue weighted by molar-refractivity contribution is -0.122. The second-order valence-electron chi connectivity index (χ2n) is 5.13. The monoisotopic (exact) mass is 262 g/mol. The van der Waals surface area contributed by atoms with Crippen molar-refractivity contribution in [2.45, 2.75) is 44.6 Å². The first-order chi connectivity index (χ1) is 9.14. The van der Waals surface area contributed by atoms with Gasteiger partial charge in [-0.1, -0.05) is 25.3 Å². The average Bonchev–Trinajstić information content (AvgIpc) is 2.40. The van der Waals surface area contributed by atoms with Gasteiger partial charge in [0.15, 0.2) is 0 Å². The number of hydrogen-bond acceptors (Lipinski definition) is 3. The van der Waals surface area contributed by atoms with Gasteiger partial charge in [0, 0.05) is 11.8 Å². The van der Waals surface area contributed by atoms with Gasteiger partial charge >= 0.3 is 0 Å². The van der Waals surface area contributed by atoms with Crippen molar-refractivity contribution >= 4 is 11.6 Å². The fraction of sp³-hybridized carbons (Fsp3) is 0.533. The number of nitrogens with one attached hydrogen (secondary N) is 1. The quantitative estimate of drug-likeness (QED) is 0.876. The first kappa shape index (κ1) is 13.9. The molecular weight excluding hydrogens is 240 g/mol. The molecule has 0 aromatic heterocycles. The summed E-state index contributed by atoms with van der Waals surface area (Å²) in [5.41, 5.74) is 6.24. The molecule has 0 radical (unpaired) electrons. The van der Waals surface area contributed by atoms with Crippen LogP contribution in [0.3, 0.4) is 0 Å². The van der Waals surface area contributed by atoms with Crippen LogP contribution < -0.4 is 15.8 Å². The van der Waals surface area contributed by atoms with Crippen LogP contribution in [0.5, 0.6) is 5.75 Å². The topological polar surface area (TPSA) is 64.3 Å². The number of carbonyl (C=O) groups is 1. The number of anilines is 1. The maximum Gasteiger partial charge on any atom is 0.244 e. The maximum absolute atomic E-state index is 12.3. The zero-order valence-electron chi connectivity index (χ0n) is 11.4. The predicted octanol–water partition coefficient (Wildman–Crippen LogP) is 2.69. The molecule has 104 valence electrons. The minimum atomic E-state index is -0.708. The van der Waals surface area contributed by atoms with Crippen LogP contribution in [0.15, 0.2) is 24.3 Å². The van der Waals surface area contributed by atoms with Gasteiger partial charge in [-0.3, -0.25) is 4.79 Å². The fourth-order valence-corrected chi connectivity index (χ4v) is 2.50.